The number of para-hydroxylation sites is 2. The average Bonchev–Trinajstić information content (AvgIpc) is 3.69. The average molecular weight is 761 g/mol. The SMILES string of the molecule is C#CCC(N)c1nc2cccc(C)c2c(=O)n1-c1ccccc1.C#CCC(Nc1ncnc2nc[nH]c12)c1nc2cccc(C)c2c(=O)n1-c1ccccc1.Cl. The molecule has 4 aromatic carbocycles. The minimum atomic E-state index is -0.502. The highest BCUT2D eigenvalue weighted by Crippen LogP contribution is 2.27. The van der Waals surface area contributed by atoms with Crippen LogP contribution in [0.25, 0.3) is 44.3 Å². The van der Waals surface area contributed by atoms with Crippen LogP contribution in [-0.4, -0.2) is 39.0 Å². The lowest BCUT2D eigenvalue weighted by Crippen LogP contribution is -2.28. The van der Waals surface area contributed by atoms with Gasteiger partial charge in [-0.15, -0.1) is 37.1 Å². The molecule has 278 valence electrons. The lowest BCUT2D eigenvalue weighted by molar-refractivity contribution is 0.658. The third-order valence-corrected chi connectivity index (χ3v) is 9.13. The summed E-state index contributed by atoms with van der Waals surface area (Å²) in [5.74, 6) is 6.76. The fourth-order valence-electron chi connectivity index (χ4n) is 6.54. The second-order valence-electron chi connectivity index (χ2n) is 12.8. The fraction of sp³-hybridized carbons (Fsp3) is 0.140. The molecule has 0 aliphatic rings. The predicted octanol–water partition coefficient (Wildman–Crippen LogP) is 6.68. The van der Waals surface area contributed by atoms with Crippen LogP contribution in [0, 0.1) is 38.5 Å². The van der Waals surface area contributed by atoms with Crippen molar-refractivity contribution >= 4 is 51.2 Å². The van der Waals surface area contributed by atoms with Crippen LogP contribution in [0.1, 0.15) is 47.7 Å². The first-order valence-corrected chi connectivity index (χ1v) is 17.5. The van der Waals surface area contributed by atoms with Crippen LogP contribution in [-0.2, 0) is 0 Å². The molecule has 0 aliphatic heterocycles. The Balaban J connectivity index is 0.000000197. The summed E-state index contributed by atoms with van der Waals surface area (Å²) < 4.78 is 3.19. The monoisotopic (exact) mass is 760 g/mol. The van der Waals surface area contributed by atoms with Crippen LogP contribution >= 0.6 is 12.4 Å². The molecule has 0 radical (unpaired) electrons. The van der Waals surface area contributed by atoms with Gasteiger partial charge in [0.25, 0.3) is 11.1 Å². The van der Waals surface area contributed by atoms with E-state index in [-0.39, 0.29) is 29.9 Å². The fourth-order valence-corrected chi connectivity index (χ4v) is 6.54. The number of imidazole rings is 1. The molecule has 0 spiro atoms. The van der Waals surface area contributed by atoms with Crippen LogP contribution in [0.15, 0.2) is 119 Å². The second-order valence-corrected chi connectivity index (χ2v) is 12.8. The van der Waals surface area contributed by atoms with Gasteiger partial charge in [-0.1, -0.05) is 60.7 Å². The van der Waals surface area contributed by atoms with E-state index in [4.69, 9.17) is 23.6 Å². The summed E-state index contributed by atoms with van der Waals surface area (Å²) >= 11 is 0. The summed E-state index contributed by atoms with van der Waals surface area (Å²) in [5, 5.41) is 4.54. The summed E-state index contributed by atoms with van der Waals surface area (Å²) in [6.07, 6.45) is 14.7. The summed E-state index contributed by atoms with van der Waals surface area (Å²) in [6.45, 7) is 3.81. The molecule has 13 heteroatoms. The van der Waals surface area contributed by atoms with Crippen molar-refractivity contribution in [3.05, 3.63) is 153 Å². The highest BCUT2D eigenvalue weighted by atomic mass is 35.5. The number of halogens is 1. The zero-order valence-electron chi connectivity index (χ0n) is 30.5. The van der Waals surface area contributed by atoms with E-state index in [0.717, 1.165) is 16.8 Å². The summed E-state index contributed by atoms with van der Waals surface area (Å²) in [5.41, 5.74) is 11.6. The molecule has 0 aliphatic carbocycles. The quantitative estimate of drug-likeness (QED) is 0.144. The molecule has 4 aromatic heterocycles. The van der Waals surface area contributed by atoms with Gasteiger partial charge in [-0.05, 0) is 61.4 Å². The Hall–Kier alpha value is -7.12. The zero-order chi connectivity index (χ0) is 38.5. The molecule has 4 N–H and O–H groups in total. The molecule has 12 nitrogen and oxygen atoms in total. The highest BCUT2D eigenvalue weighted by molar-refractivity contribution is 5.85. The Morgan fingerprint density at radius 1 is 0.714 bits per heavy atom. The summed E-state index contributed by atoms with van der Waals surface area (Å²) in [7, 11) is 0. The van der Waals surface area contributed by atoms with Gasteiger partial charge in [0, 0.05) is 12.8 Å². The number of nitrogens with two attached hydrogens (primary N) is 1. The molecule has 56 heavy (non-hydrogen) atoms. The molecular formula is C43H37ClN10O2. The Bertz CT molecular complexity index is 2870. The first-order chi connectivity index (χ1) is 26.8. The first kappa shape index (κ1) is 38.6. The third-order valence-electron chi connectivity index (χ3n) is 9.13. The predicted molar refractivity (Wildman–Crippen MR) is 223 cm³/mol. The van der Waals surface area contributed by atoms with Gasteiger partial charge >= 0.3 is 0 Å². The number of aryl methyl sites for hydroxylation is 2. The smallest absolute Gasteiger partial charge is 0.266 e. The normalized spacial score (nSPS) is 11.8. The maximum absolute atomic E-state index is 13.7. The van der Waals surface area contributed by atoms with Gasteiger partial charge in [0.1, 0.15) is 23.5 Å². The molecule has 2 unspecified atom stereocenters. The van der Waals surface area contributed by atoms with Crippen LogP contribution < -0.4 is 22.2 Å². The lowest BCUT2D eigenvalue weighted by Gasteiger charge is -2.22. The van der Waals surface area contributed by atoms with Crippen molar-refractivity contribution in [1.82, 2.24) is 39.0 Å². The van der Waals surface area contributed by atoms with E-state index in [1.165, 1.54) is 6.33 Å². The zero-order valence-corrected chi connectivity index (χ0v) is 31.4. The number of hydrogen-bond acceptors (Lipinski definition) is 9. The molecule has 8 aromatic rings. The van der Waals surface area contributed by atoms with Crippen molar-refractivity contribution in [1.29, 1.82) is 0 Å². The van der Waals surface area contributed by atoms with Crippen molar-refractivity contribution in [2.24, 2.45) is 5.73 Å². The number of aromatic nitrogens is 8. The Morgan fingerprint density at radius 2 is 1.25 bits per heavy atom. The molecule has 8 rings (SSSR count). The van der Waals surface area contributed by atoms with Gasteiger partial charge in [0.2, 0.25) is 0 Å². The van der Waals surface area contributed by atoms with E-state index < -0.39 is 12.1 Å². The number of aromatic amines is 1. The van der Waals surface area contributed by atoms with Crippen LogP contribution in [0.2, 0.25) is 0 Å². The molecule has 0 fully saturated rings. The van der Waals surface area contributed by atoms with Crippen molar-refractivity contribution in [3.63, 3.8) is 0 Å². The van der Waals surface area contributed by atoms with Crippen LogP contribution in [0.5, 0.6) is 0 Å². The van der Waals surface area contributed by atoms with Gasteiger partial charge in [0.15, 0.2) is 11.5 Å². The molecule has 4 heterocycles. The van der Waals surface area contributed by atoms with E-state index in [1.807, 2.05) is 111 Å². The molecule has 2 atom stereocenters. The minimum Gasteiger partial charge on any atom is -0.357 e. The van der Waals surface area contributed by atoms with Crippen molar-refractivity contribution < 1.29 is 0 Å². The van der Waals surface area contributed by atoms with Crippen molar-refractivity contribution in [3.8, 4) is 36.1 Å². The molecule has 0 saturated carbocycles. The Morgan fingerprint density at radius 3 is 1.80 bits per heavy atom. The van der Waals surface area contributed by atoms with Gasteiger partial charge in [0.05, 0.1) is 51.6 Å². The Kier molecular flexibility index (Phi) is 11.7. The number of nitrogens with zero attached hydrogens (tertiary/aromatic N) is 7. The largest absolute Gasteiger partial charge is 0.357 e. The number of anilines is 1. The van der Waals surface area contributed by atoms with Crippen molar-refractivity contribution in [2.45, 2.75) is 38.8 Å². The van der Waals surface area contributed by atoms with E-state index >= 15 is 0 Å². The standard InChI is InChI=1S/C24H19N7O.C19H17N3O.ClH/c1-3-8-18(29-22-20-21(26-13-25-20)27-14-28-22)23-30-17-12-7-9-15(2)19(17)24(32)31(23)16-10-5-4-6-11-16;1-3-8-15(20)18-21-16-12-7-9-13(2)17(16)19(23)22(18)14-10-5-4-6-11-14;/h1,4-7,9-14,18H,8H2,2H3,(H2,25,26,27,28,29);1,4-7,9-12,15H,8,20H2,2H3;1H. The number of H-pyrrole nitrogens is 1. The number of benzene rings is 4. The number of hydrogen-bond donors (Lipinski definition) is 3. The Labute approximate surface area is 328 Å². The lowest BCUT2D eigenvalue weighted by atomic mass is 10.1. The number of fused-ring (bicyclic) bond motifs is 3. The highest BCUT2D eigenvalue weighted by Gasteiger charge is 2.23. The minimum absolute atomic E-state index is 0. The topological polar surface area (TPSA) is 162 Å². The van der Waals surface area contributed by atoms with Crippen LogP contribution in [0.4, 0.5) is 5.82 Å². The first-order valence-electron chi connectivity index (χ1n) is 17.5. The van der Waals surface area contributed by atoms with E-state index in [2.05, 4.69) is 42.1 Å². The van der Waals surface area contributed by atoms with Gasteiger partial charge in [-0.3, -0.25) is 18.7 Å². The maximum Gasteiger partial charge on any atom is 0.266 e. The molecular weight excluding hydrogens is 724 g/mol. The number of rotatable bonds is 8. The molecule has 0 amide bonds. The van der Waals surface area contributed by atoms with E-state index in [0.29, 0.717) is 62.5 Å². The van der Waals surface area contributed by atoms with E-state index in [9.17, 15) is 9.59 Å². The maximum atomic E-state index is 13.7. The number of terminal acetylenes is 2. The summed E-state index contributed by atoms with van der Waals surface area (Å²) in [6, 6.07) is 29.1. The number of nitrogens with one attached hydrogen (secondary N) is 2. The van der Waals surface area contributed by atoms with Crippen molar-refractivity contribution in [2.75, 3.05) is 5.32 Å². The van der Waals surface area contributed by atoms with Gasteiger partial charge < -0.3 is 16.0 Å². The van der Waals surface area contributed by atoms with Gasteiger partial charge in [-0.25, -0.2) is 24.9 Å². The third kappa shape index (κ3) is 7.48. The molecule has 0 bridgehead atoms. The van der Waals surface area contributed by atoms with Gasteiger partial charge in [-0.2, -0.15) is 0 Å². The van der Waals surface area contributed by atoms with E-state index in [1.54, 1.807) is 15.5 Å². The van der Waals surface area contributed by atoms with Crippen LogP contribution in [0.3, 0.4) is 0 Å². The second kappa shape index (κ2) is 16.9. The molecule has 0 saturated heterocycles. The summed E-state index contributed by atoms with van der Waals surface area (Å²) in [4.78, 5) is 52.0.